The van der Waals surface area contributed by atoms with Gasteiger partial charge in [-0.25, -0.2) is 9.59 Å². The highest BCUT2D eigenvalue weighted by molar-refractivity contribution is 5.90. The maximum absolute atomic E-state index is 12.4. The lowest BCUT2D eigenvalue weighted by Gasteiger charge is -2.07. The number of rotatable bonds is 20. The van der Waals surface area contributed by atoms with Gasteiger partial charge in [-0.15, -0.1) is 0 Å². The zero-order valence-electron chi connectivity index (χ0n) is 23.2. The first-order chi connectivity index (χ1) is 19.6. The van der Waals surface area contributed by atoms with Gasteiger partial charge in [-0.05, 0) is 36.4 Å². The summed E-state index contributed by atoms with van der Waals surface area (Å²) in [5.74, 6) is 5.11. The van der Waals surface area contributed by atoms with Crippen LogP contribution in [0.25, 0.3) is 0 Å². The third-order valence-electron chi connectivity index (χ3n) is 5.08. The molecule has 0 atom stereocenters. The highest BCUT2D eigenvalue weighted by Crippen LogP contribution is 2.09. The van der Waals surface area contributed by atoms with E-state index in [1.807, 2.05) is 0 Å². The Kier molecular flexibility index (Phi) is 17.7. The SMILES string of the molecule is COCCOCCOCCOC(=O)c1cccc(C#Cc2cccc(C(=O)OCCOCCOCCOC)c2)c1. The summed E-state index contributed by atoms with van der Waals surface area (Å²) in [5.41, 5.74) is 2.04. The molecule has 0 saturated heterocycles. The molecular formula is C30H38O10. The molecule has 2 aromatic carbocycles. The minimum Gasteiger partial charge on any atom is -0.460 e. The molecule has 0 unspecified atom stereocenters. The van der Waals surface area contributed by atoms with Gasteiger partial charge in [0, 0.05) is 25.3 Å². The minimum absolute atomic E-state index is 0.130. The van der Waals surface area contributed by atoms with Gasteiger partial charge in [0.1, 0.15) is 13.2 Å². The first kappa shape index (κ1) is 32.9. The summed E-state index contributed by atoms with van der Waals surface area (Å²) in [6.45, 7) is 4.61. The Morgan fingerprint density at radius 3 is 1.25 bits per heavy atom. The molecule has 10 heteroatoms. The van der Waals surface area contributed by atoms with Crippen molar-refractivity contribution in [1.82, 2.24) is 0 Å². The van der Waals surface area contributed by atoms with E-state index in [4.69, 9.17) is 37.9 Å². The van der Waals surface area contributed by atoms with Crippen molar-refractivity contribution in [1.29, 1.82) is 0 Å². The highest BCUT2D eigenvalue weighted by Gasteiger charge is 2.08. The van der Waals surface area contributed by atoms with E-state index in [2.05, 4.69) is 11.8 Å². The Hall–Kier alpha value is -3.30. The maximum atomic E-state index is 12.4. The number of hydrogen-bond acceptors (Lipinski definition) is 10. The topological polar surface area (TPSA) is 108 Å². The second kappa shape index (κ2) is 21.5. The molecule has 0 radical (unpaired) electrons. The van der Waals surface area contributed by atoms with Crippen LogP contribution in [-0.4, -0.2) is 105 Å². The third kappa shape index (κ3) is 14.7. The molecule has 218 valence electrons. The Labute approximate surface area is 235 Å². The van der Waals surface area contributed by atoms with Gasteiger partial charge in [0.05, 0.1) is 77.2 Å². The van der Waals surface area contributed by atoms with Crippen LogP contribution >= 0.6 is 0 Å². The van der Waals surface area contributed by atoms with Crippen LogP contribution < -0.4 is 0 Å². The van der Waals surface area contributed by atoms with Crippen molar-refractivity contribution in [3.8, 4) is 11.8 Å². The minimum atomic E-state index is -0.462. The second-order valence-corrected chi connectivity index (χ2v) is 8.12. The number of carbonyl (C=O) groups excluding carboxylic acids is 2. The Balaban J connectivity index is 1.74. The maximum Gasteiger partial charge on any atom is 0.338 e. The van der Waals surface area contributed by atoms with Gasteiger partial charge in [0.2, 0.25) is 0 Å². The van der Waals surface area contributed by atoms with Crippen LogP contribution in [0.1, 0.15) is 31.8 Å². The van der Waals surface area contributed by atoms with Crippen molar-refractivity contribution in [3.63, 3.8) is 0 Å². The molecule has 0 aliphatic heterocycles. The van der Waals surface area contributed by atoms with E-state index in [0.717, 1.165) is 0 Å². The van der Waals surface area contributed by atoms with Crippen molar-refractivity contribution >= 4 is 11.9 Å². The summed E-state index contributed by atoms with van der Waals surface area (Å²) < 4.78 is 41.6. The van der Waals surface area contributed by atoms with Gasteiger partial charge in [-0.3, -0.25) is 0 Å². The fourth-order valence-electron chi connectivity index (χ4n) is 3.07. The molecule has 2 aromatic rings. The standard InChI is InChI=1S/C30H38O10/c1-33-11-13-35-15-17-37-19-21-39-29(31)27-7-3-5-25(23-27)9-10-26-6-4-8-28(24-26)30(32)40-22-20-38-18-16-36-14-12-34-2/h3-8,23-24H,11-22H2,1-2H3. The summed E-state index contributed by atoms with van der Waals surface area (Å²) in [6.07, 6.45) is 0. The molecule has 0 aromatic heterocycles. The zero-order valence-corrected chi connectivity index (χ0v) is 23.2. The van der Waals surface area contributed by atoms with Gasteiger partial charge < -0.3 is 37.9 Å². The molecule has 0 bridgehead atoms. The molecule has 40 heavy (non-hydrogen) atoms. The second-order valence-electron chi connectivity index (χ2n) is 8.12. The largest absolute Gasteiger partial charge is 0.460 e. The van der Waals surface area contributed by atoms with Crippen LogP contribution in [0.2, 0.25) is 0 Å². The van der Waals surface area contributed by atoms with Crippen LogP contribution in [0.3, 0.4) is 0 Å². The molecule has 0 aliphatic carbocycles. The number of esters is 2. The summed E-state index contributed by atoms with van der Waals surface area (Å²) in [5, 5.41) is 0. The molecule has 0 amide bonds. The Bertz CT molecular complexity index is 978. The lowest BCUT2D eigenvalue weighted by Crippen LogP contribution is -2.14. The lowest BCUT2D eigenvalue weighted by atomic mass is 10.1. The van der Waals surface area contributed by atoms with Gasteiger partial charge >= 0.3 is 11.9 Å². The van der Waals surface area contributed by atoms with E-state index in [-0.39, 0.29) is 26.4 Å². The van der Waals surface area contributed by atoms with Crippen molar-refractivity contribution in [3.05, 3.63) is 70.8 Å². The Morgan fingerprint density at radius 2 is 0.875 bits per heavy atom. The fourth-order valence-corrected chi connectivity index (χ4v) is 3.07. The van der Waals surface area contributed by atoms with Crippen molar-refractivity contribution < 1.29 is 47.5 Å². The first-order valence-electron chi connectivity index (χ1n) is 13.0. The zero-order chi connectivity index (χ0) is 28.7. The summed E-state index contributed by atoms with van der Waals surface area (Å²) >= 11 is 0. The molecule has 0 heterocycles. The predicted molar refractivity (Wildman–Crippen MR) is 146 cm³/mol. The average Bonchev–Trinajstić information content (AvgIpc) is 2.98. The van der Waals surface area contributed by atoms with Gasteiger partial charge in [-0.2, -0.15) is 0 Å². The number of hydrogen-bond donors (Lipinski definition) is 0. The Morgan fingerprint density at radius 1 is 0.525 bits per heavy atom. The molecule has 10 nitrogen and oxygen atoms in total. The van der Waals surface area contributed by atoms with Crippen molar-refractivity contribution in [2.75, 3.05) is 93.5 Å². The molecule has 0 spiro atoms. The molecule has 2 rings (SSSR count). The van der Waals surface area contributed by atoms with Crippen molar-refractivity contribution in [2.24, 2.45) is 0 Å². The monoisotopic (exact) mass is 558 g/mol. The van der Waals surface area contributed by atoms with Crippen molar-refractivity contribution in [2.45, 2.75) is 0 Å². The van der Waals surface area contributed by atoms with E-state index in [1.54, 1.807) is 62.8 Å². The van der Waals surface area contributed by atoms with E-state index >= 15 is 0 Å². The molecule has 0 saturated carbocycles. The van der Waals surface area contributed by atoms with Gasteiger partial charge in [-0.1, -0.05) is 24.0 Å². The van der Waals surface area contributed by atoms with Crippen LogP contribution in [0.15, 0.2) is 48.5 Å². The summed E-state index contributed by atoms with van der Waals surface area (Å²) in [6, 6.07) is 13.7. The van der Waals surface area contributed by atoms with E-state index in [9.17, 15) is 9.59 Å². The van der Waals surface area contributed by atoms with E-state index in [1.165, 1.54) is 0 Å². The highest BCUT2D eigenvalue weighted by atomic mass is 16.6. The smallest absolute Gasteiger partial charge is 0.338 e. The van der Waals surface area contributed by atoms with E-state index in [0.29, 0.717) is 75.1 Å². The third-order valence-corrected chi connectivity index (χ3v) is 5.08. The quantitative estimate of drug-likeness (QED) is 0.137. The average molecular weight is 559 g/mol. The van der Waals surface area contributed by atoms with Crippen LogP contribution in [0.5, 0.6) is 0 Å². The number of methoxy groups -OCH3 is 2. The predicted octanol–water partition coefficient (Wildman–Crippen LogP) is 2.76. The van der Waals surface area contributed by atoms with Crippen LogP contribution in [-0.2, 0) is 37.9 Å². The van der Waals surface area contributed by atoms with Gasteiger partial charge in [0.15, 0.2) is 0 Å². The molecule has 0 N–H and O–H groups in total. The lowest BCUT2D eigenvalue weighted by molar-refractivity contribution is 0.00552. The van der Waals surface area contributed by atoms with Crippen LogP contribution in [0, 0.1) is 11.8 Å². The molecular weight excluding hydrogens is 520 g/mol. The van der Waals surface area contributed by atoms with Crippen LogP contribution in [0.4, 0.5) is 0 Å². The first-order valence-corrected chi connectivity index (χ1v) is 13.0. The molecule has 0 aliphatic rings. The number of carbonyl (C=O) groups is 2. The van der Waals surface area contributed by atoms with Gasteiger partial charge in [0.25, 0.3) is 0 Å². The normalized spacial score (nSPS) is 10.6. The summed E-state index contributed by atoms with van der Waals surface area (Å²) in [4.78, 5) is 24.7. The summed E-state index contributed by atoms with van der Waals surface area (Å²) in [7, 11) is 3.22. The molecule has 0 fully saturated rings. The van der Waals surface area contributed by atoms with E-state index < -0.39 is 11.9 Å². The fraction of sp³-hybridized carbons (Fsp3) is 0.467. The number of ether oxygens (including phenoxy) is 8. The number of benzene rings is 2.